The first kappa shape index (κ1) is 21.8. The van der Waals surface area contributed by atoms with Crippen LogP contribution >= 0.6 is 0 Å². The zero-order chi connectivity index (χ0) is 23.2. The van der Waals surface area contributed by atoms with Gasteiger partial charge in [-0.15, -0.1) is 0 Å². The van der Waals surface area contributed by atoms with E-state index in [1.165, 1.54) is 26.2 Å². The minimum absolute atomic E-state index is 0.0160. The summed E-state index contributed by atoms with van der Waals surface area (Å²) in [6.45, 7) is 1.25. The summed E-state index contributed by atoms with van der Waals surface area (Å²) in [5.41, 5.74) is -1.19. The average Bonchev–Trinajstić information content (AvgIpc) is 3.25. The number of nitrogens with one attached hydrogen (secondary N) is 1. The van der Waals surface area contributed by atoms with Gasteiger partial charge in [0.15, 0.2) is 17.0 Å². The van der Waals surface area contributed by atoms with Crippen LogP contribution in [0.2, 0.25) is 0 Å². The number of hydrogen-bond donors (Lipinski definition) is 4. The highest BCUT2D eigenvalue weighted by Gasteiger charge is 2.70. The number of nitrogens with zero attached hydrogens (tertiary/aromatic N) is 1. The summed E-state index contributed by atoms with van der Waals surface area (Å²) in [7, 11) is 1.37. The van der Waals surface area contributed by atoms with Crippen LogP contribution in [-0.2, 0) is 20.9 Å². The highest BCUT2D eigenvalue weighted by Crippen LogP contribution is 2.52. The standard InChI is InChI=1S/C23H24N2O7/c1-12(26)23(22(30)31)17-16(18(24-23)14-9-6-10-15(32-2)19(14)27)20(28)25(21(17)29)11-13-7-4-3-5-8-13/h3-10,12,16-18,24,26-27H,11H2,1-2H3,(H,30,31). The highest BCUT2D eigenvalue weighted by atomic mass is 16.5. The zero-order valence-electron chi connectivity index (χ0n) is 17.6. The first-order valence-electron chi connectivity index (χ1n) is 10.2. The number of aromatic hydroxyl groups is 1. The van der Waals surface area contributed by atoms with Crippen molar-refractivity contribution >= 4 is 17.8 Å². The average molecular weight is 440 g/mol. The van der Waals surface area contributed by atoms with Crippen molar-refractivity contribution in [2.45, 2.75) is 31.2 Å². The molecule has 9 heteroatoms. The summed E-state index contributed by atoms with van der Waals surface area (Å²) >= 11 is 0. The topological polar surface area (TPSA) is 136 Å². The molecule has 2 fully saturated rings. The molecule has 4 N–H and O–H groups in total. The van der Waals surface area contributed by atoms with Gasteiger partial charge < -0.3 is 20.1 Å². The van der Waals surface area contributed by atoms with Gasteiger partial charge in [0, 0.05) is 11.6 Å². The molecule has 0 radical (unpaired) electrons. The normalized spacial score (nSPS) is 28.0. The lowest BCUT2D eigenvalue weighted by molar-refractivity contribution is -0.157. The fourth-order valence-corrected chi connectivity index (χ4v) is 4.90. The predicted molar refractivity (Wildman–Crippen MR) is 112 cm³/mol. The Hall–Kier alpha value is -3.43. The number of carbonyl (C=O) groups is 3. The van der Waals surface area contributed by atoms with Crippen molar-refractivity contribution in [3.63, 3.8) is 0 Å². The third kappa shape index (κ3) is 3.04. The maximum absolute atomic E-state index is 13.5. The Morgan fingerprint density at radius 3 is 2.44 bits per heavy atom. The lowest BCUT2D eigenvalue weighted by Crippen LogP contribution is -2.62. The van der Waals surface area contributed by atoms with E-state index in [1.807, 2.05) is 0 Å². The molecule has 5 unspecified atom stereocenters. The molecule has 0 saturated carbocycles. The number of hydrogen-bond acceptors (Lipinski definition) is 7. The van der Waals surface area contributed by atoms with Gasteiger partial charge in [-0.25, -0.2) is 0 Å². The molecule has 0 bridgehead atoms. The molecule has 9 nitrogen and oxygen atoms in total. The molecule has 0 aliphatic carbocycles. The summed E-state index contributed by atoms with van der Waals surface area (Å²) in [6.07, 6.45) is -1.50. The van der Waals surface area contributed by atoms with E-state index in [2.05, 4.69) is 5.32 Å². The molecule has 2 amide bonds. The van der Waals surface area contributed by atoms with Gasteiger partial charge in [-0.2, -0.15) is 0 Å². The number of amides is 2. The molecular weight excluding hydrogens is 416 g/mol. The molecule has 2 heterocycles. The summed E-state index contributed by atoms with van der Waals surface area (Å²) in [5, 5.41) is 34.1. The van der Waals surface area contributed by atoms with Gasteiger partial charge in [-0.1, -0.05) is 42.5 Å². The van der Waals surface area contributed by atoms with Crippen molar-refractivity contribution in [1.29, 1.82) is 0 Å². The molecule has 4 rings (SSSR count). The molecule has 0 spiro atoms. The number of aliphatic hydroxyl groups excluding tert-OH is 1. The zero-order valence-corrected chi connectivity index (χ0v) is 17.6. The Bertz CT molecular complexity index is 1070. The van der Waals surface area contributed by atoms with E-state index in [9.17, 15) is 29.7 Å². The fraction of sp³-hybridized carbons (Fsp3) is 0.348. The fourth-order valence-electron chi connectivity index (χ4n) is 4.90. The number of imide groups is 1. The molecule has 2 aromatic rings. The van der Waals surface area contributed by atoms with E-state index >= 15 is 0 Å². The number of ether oxygens (including phenoxy) is 1. The number of carbonyl (C=O) groups excluding carboxylic acids is 2. The van der Waals surface area contributed by atoms with E-state index in [1.54, 1.807) is 36.4 Å². The van der Waals surface area contributed by atoms with E-state index in [0.29, 0.717) is 5.56 Å². The molecular formula is C23H24N2O7. The Balaban J connectivity index is 1.84. The highest BCUT2D eigenvalue weighted by molar-refractivity contribution is 6.09. The van der Waals surface area contributed by atoms with Gasteiger partial charge in [0.1, 0.15) is 0 Å². The quantitative estimate of drug-likeness (QED) is 0.490. The van der Waals surface area contributed by atoms with Gasteiger partial charge in [-0.3, -0.25) is 24.6 Å². The number of aliphatic hydroxyl groups is 1. The van der Waals surface area contributed by atoms with Crippen LogP contribution in [0.4, 0.5) is 0 Å². The second-order valence-electron chi connectivity index (χ2n) is 8.12. The predicted octanol–water partition coefficient (Wildman–Crippen LogP) is 1.05. The van der Waals surface area contributed by atoms with Crippen LogP contribution in [0, 0.1) is 11.8 Å². The SMILES string of the molecule is COc1cccc(C2NC(C(=O)O)(C(C)O)C3C(=O)N(Cc4ccccc4)C(=O)C23)c1O. The van der Waals surface area contributed by atoms with Gasteiger partial charge >= 0.3 is 5.97 Å². The van der Waals surface area contributed by atoms with Gasteiger partial charge in [-0.05, 0) is 18.6 Å². The number of fused-ring (bicyclic) bond motifs is 1. The first-order valence-corrected chi connectivity index (χ1v) is 10.2. The Morgan fingerprint density at radius 2 is 1.84 bits per heavy atom. The van der Waals surface area contributed by atoms with Crippen molar-refractivity contribution in [3.05, 3.63) is 59.7 Å². The number of carboxylic acids is 1. The molecule has 2 aliphatic heterocycles. The number of para-hydroxylation sites is 1. The Morgan fingerprint density at radius 1 is 1.16 bits per heavy atom. The minimum Gasteiger partial charge on any atom is -0.504 e. The van der Waals surface area contributed by atoms with Crippen LogP contribution in [0.1, 0.15) is 24.1 Å². The van der Waals surface area contributed by atoms with Crippen LogP contribution in [0.3, 0.4) is 0 Å². The maximum atomic E-state index is 13.5. The summed E-state index contributed by atoms with van der Waals surface area (Å²) in [4.78, 5) is 40.3. The largest absolute Gasteiger partial charge is 0.504 e. The number of rotatable bonds is 6. The van der Waals surface area contributed by atoms with Crippen LogP contribution in [0.25, 0.3) is 0 Å². The summed E-state index contributed by atoms with van der Waals surface area (Å²) < 4.78 is 5.15. The Kier molecular flexibility index (Phi) is 5.39. The number of aliphatic carboxylic acids is 1. The lowest BCUT2D eigenvalue weighted by atomic mass is 9.76. The van der Waals surface area contributed by atoms with Gasteiger partial charge in [0.2, 0.25) is 11.8 Å². The van der Waals surface area contributed by atoms with Crippen molar-refractivity contribution in [1.82, 2.24) is 10.2 Å². The van der Waals surface area contributed by atoms with Gasteiger partial charge in [0.25, 0.3) is 0 Å². The molecule has 0 aromatic heterocycles. The van der Waals surface area contributed by atoms with E-state index < -0.39 is 47.3 Å². The molecule has 32 heavy (non-hydrogen) atoms. The third-order valence-electron chi connectivity index (χ3n) is 6.47. The van der Waals surface area contributed by atoms with E-state index in [0.717, 1.165) is 4.90 Å². The number of phenolic OH excluding ortho intramolecular Hbond substituents is 1. The summed E-state index contributed by atoms with van der Waals surface area (Å²) in [5.74, 6) is -5.29. The second-order valence-corrected chi connectivity index (χ2v) is 8.12. The van der Waals surface area contributed by atoms with Crippen LogP contribution in [-0.4, -0.2) is 56.8 Å². The van der Waals surface area contributed by atoms with Crippen LogP contribution < -0.4 is 10.1 Å². The first-order chi connectivity index (χ1) is 15.2. The van der Waals surface area contributed by atoms with Crippen molar-refractivity contribution < 1.29 is 34.4 Å². The van der Waals surface area contributed by atoms with Crippen molar-refractivity contribution in [2.24, 2.45) is 11.8 Å². The van der Waals surface area contributed by atoms with E-state index in [4.69, 9.17) is 4.74 Å². The number of carboxylic acid groups (broad SMARTS) is 1. The lowest BCUT2D eigenvalue weighted by Gasteiger charge is -2.33. The van der Waals surface area contributed by atoms with Gasteiger partial charge in [0.05, 0.1) is 31.6 Å². The molecule has 2 aliphatic rings. The third-order valence-corrected chi connectivity index (χ3v) is 6.47. The molecule has 2 saturated heterocycles. The number of methoxy groups -OCH3 is 1. The van der Waals surface area contributed by atoms with E-state index in [-0.39, 0.29) is 23.6 Å². The Labute approximate surface area is 184 Å². The van der Waals surface area contributed by atoms with Crippen LogP contribution in [0.15, 0.2) is 48.5 Å². The number of phenols is 1. The molecule has 168 valence electrons. The maximum Gasteiger partial charge on any atom is 0.327 e. The molecule has 2 aromatic carbocycles. The number of benzene rings is 2. The monoisotopic (exact) mass is 440 g/mol. The smallest absolute Gasteiger partial charge is 0.327 e. The second kappa shape index (κ2) is 7.92. The van der Waals surface area contributed by atoms with Crippen molar-refractivity contribution in [3.8, 4) is 11.5 Å². The van der Waals surface area contributed by atoms with Crippen LogP contribution in [0.5, 0.6) is 11.5 Å². The number of likely N-dealkylation sites (tertiary alicyclic amines) is 1. The summed E-state index contributed by atoms with van der Waals surface area (Å²) in [6, 6.07) is 12.5. The minimum atomic E-state index is -2.11. The molecule has 5 atom stereocenters. The van der Waals surface area contributed by atoms with Crippen molar-refractivity contribution in [2.75, 3.05) is 7.11 Å².